The summed E-state index contributed by atoms with van der Waals surface area (Å²) in [5.74, 6) is 3.18. The normalized spacial score (nSPS) is 17.7. The molecule has 172 valence electrons. The van der Waals surface area contributed by atoms with Gasteiger partial charge in [-0.2, -0.15) is 4.98 Å². The topological polar surface area (TPSA) is 112 Å². The van der Waals surface area contributed by atoms with Crippen molar-refractivity contribution < 1.29 is 23.7 Å². The number of nitrogens with zero attached hydrogens (tertiary/aromatic N) is 4. The van der Waals surface area contributed by atoms with Crippen LogP contribution in [0.5, 0.6) is 23.0 Å². The van der Waals surface area contributed by atoms with E-state index in [4.69, 9.17) is 24.7 Å². The molecule has 33 heavy (non-hydrogen) atoms. The number of amides is 1. The summed E-state index contributed by atoms with van der Waals surface area (Å²) in [6.07, 6.45) is -0.651. The molecule has 0 spiro atoms. The third kappa shape index (κ3) is 3.88. The third-order valence-corrected chi connectivity index (χ3v) is 5.88. The highest BCUT2D eigenvalue weighted by atomic mass is 16.6. The van der Waals surface area contributed by atoms with Gasteiger partial charge in [0.1, 0.15) is 12.4 Å². The molecule has 0 aliphatic carbocycles. The van der Waals surface area contributed by atoms with Crippen molar-refractivity contribution in [3.8, 4) is 23.0 Å². The van der Waals surface area contributed by atoms with Crippen LogP contribution >= 0.6 is 0 Å². The number of piperazine rings is 1. The largest absolute Gasteiger partial charge is 0.493 e. The number of hydrogen-bond donors (Lipinski definition) is 1. The van der Waals surface area contributed by atoms with Crippen LogP contribution in [0.3, 0.4) is 0 Å². The molecule has 0 bridgehead atoms. The maximum Gasteiger partial charge on any atom is 0.267 e. The SMILES string of the molecule is COc1cc2nc(N3[13CH2][13CH2]N(C(=O)[C@@H]4COc5ccccc5O4)[13CH2][13CH2]3)nc(N)c2cc1OC. The average molecular weight is 455 g/mol. The minimum absolute atomic E-state index is 0.0834. The Kier molecular flexibility index (Phi) is 5.41. The van der Waals surface area contributed by atoms with Gasteiger partial charge in [-0.1, -0.05) is 12.1 Å². The Hall–Kier alpha value is -3.95. The Morgan fingerprint density at radius 2 is 1.73 bits per heavy atom. The van der Waals surface area contributed by atoms with E-state index in [9.17, 15) is 4.79 Å². The van der Waals surface area contributed by atoms with Crippen molar-refractivity contribution >= 4 is 28.6 Å². The second kappa shape index (κ2) is 8.53. The van der Waals surface area contributed by atoms with Gasteiger partial charge in [0, 0.05) is 37.6 Å². The van der Waals surface area contributed by atoms with Gasteiger partial charge < -0.3 is 34.5 Å². The van der Waals surface area contributed by atoms with Crippen molar-refractivity contribution in [3.05, 3.63) is 36.4 Å². The van der Waals surface area contributed by atoms with Gasteiger partial charge in [0.2, 0.25) is 12.1 Å². The van der Waals surface area contributed by atoms with Gasteiger partial charge in [-0.3, -0.25) is 4.79 Å². The summed E-state index contributed by atoms with van der Waals surface area (Å²) in [5, 5.41) is 0.694. The van der Waals surface area contributed by atoms with Gasteiger partial charge >= 0.3 is 0 Å². The van der Waals surface area contributed by atoms with E-state index in [0.29, 0.717) is 71.8 Å². The van der Waals surface area contributed by atoms with E-state index < -0.39 is 6.10 Å². The number of aromatic nitrogens is 2. The lowest BCUT2D eigenvalue weighted by molar-refractivity contribution is -0.141. The lowest BCUT2D eigenvalue weighted by Crippen LogP contribution is -2.54. The van der Waals surface area contributed by atoms with E-state index >= 15 is 0 Å². The zero-order chi connectivity index (χ0) is 22.9. The first-order valence-electron chi connectivity index (χ1n) is 10.7. The molecule has 10 nitrogen and oxygen atoms in total. The minimum atomic E-state index is -0.651. The number of nitrogens with two attached hydrogens (primary N) is 1. The van der Waals surface area contributed by atoms with Crippen molar-refractivity contribution in [2.45, 2.75) is 6.10 Å². The number of para-hydroxylation sites is 2. The van der Waals surface area contributed by atoms with Crippen LogP contribution in [0, 0.1) is 0 Å². The molecule has 5 rings (SSSR count). The fraction of sp³-hybridized carbons (Fsp3) is 0.348. The van der Waals surface area contributed by atoms with Crippen molar-refractivity contribution in [3.63, 3.8) is 0 Å². The number of nitrogen functional groups attached to an aromatic ring is 1. The molecule has 2 aliphatic heterocycles. The van der Waals surface area contributed by atoms with Gasteiger partial charge in [-0.15, -0.1) is 0 Å². The summed E-state index contributed by atoms with van der Waals surface area (Å²) in [4.78, 5) is 26.0. The Morgan fingerprint density at radius 1 is 1.03 bits per heavy atom. The van der Waals surface area contributed by atoms with Gasteiger partial charge in [0.15, 0.2) is 23.0 Å². The van der Waals surface area contributed by atoms with Crippen LogP contribution in [0.1, 0.15) is 0 Å². The molecular formula is C23H25N5O5. The number of ether oxygens (including phenoxy) is 4. The number of carbonyl (C=O) groups is 1. The molecule has 1 fully saturated rings. The van der Waals surface area contributed by atoms with E-state index in [1.165, 1.54) is 0 Å². The molecule has 1 aromatic heterocycles. The quantitative estimate of drug-likeness (QED) is 0.588. The number of methoxy groups -OCH3 is 2. The summed E-state index contributed by atoms with van der Waals surface area (Å²) in [6, 6.07) is 10.9. The third-order valence-electron chi connectivity index (χ3n) is 5.88. The first-order chi connectivity index (χ1) is 16.1. The Labute approximate surface area is 190 Å². The number of rotatable bonds is 4. The van der Waals surface area contributed by atoms with Gasteiger partial charge in [0.25, 0.3) is 5.91 Å². The highest BCUT2D eigenvalue weighted by Crippen LogP contribution is 2.34. The molecule has 10 heteroatoms. The predicted molar refractivity (Wildman–Crippen MR) is 122 cm³/mol. The number of fused-ring (bicyclic) bond motifs is 2. The molecule has 2 N–H and O–H groups in total. The molecule has 3 heterocycles. The minimum Gasteiger partial charge on any atom is -0.493 e. The van der Waals surface area contributed by atoms with Crippen LogP contribution in [0.15, 0.2) is 36.4 Å². The summed E-state index contributed by atoms with van der Waals surface area (Å²) in [7, 11) is 3.14. The van der Waals surface area contributed by atoms with Crippen molar-refractivity contribution in [1.82, 2.24) is 14.9 Å². The highest BCUT2D eigenvalue weighted by Gasteiger charge is 2.33. The van der Waals surface area contributed by atoms with E-state index in [1.807, 2.05) is 23.1 Å². The molecule has 0 radical (unpaired) electrons. The van der Waals surface area contributed by atoms with E-state index in [2.05, 4.69) is 9.97 Å². The predicted octanol–water partition coefficient (Wildman–Crippen LogP) is 1.72. The van der Waals surface area contributed by atoms with E-state index in [-0.39, 0.29) is 12.5 Å². The molecule has 0 unspecified atom stereocenters. The molecule has 3 aromatic rings. The van der Waals surface area contributed by atoms with E-state index in [0.717, 1.165) is 0 Å². The zero-order valence-corrected chi connectivity index (χ0v) is 18.5. The molecule has 2 aliphatic rings. The zero-order valence-electron chi connectivity index (χ0n) is 18.5. The van der Waals surface area contributed by atoms with Crippen molar-refractivity contribution in [1.29, 1.82) is 0 Å². The monoisotopic (exact) mass is 455 g/mol. The smallest absolute Gasteiger partial charge is 0.267 e. The van der Waals surface area contributed by atoms with Crippen molar-refractivity contribution in [2.24, 2.45) is 0 Å². The maximum absolute atomic E-state index is 13.0. The molecule has 0 saturated carbocycles. The fourth-order valence-electron chi connectivity index (χ4n) is 4.08. The molecule has 1 saturated heterocycles. The standard InChI is InChI=1S/C23H25N5O5/c1-30-18-11-14-15(12-19(18)31-2)25-23(26-21(14)24)28-9-7-27(8-10-28)22(29)20-13-32-16-5-3-4-6-17(16)33-20/h3-6,11-12,20H,7-10,13H2,1-2H3,(H2,24,25,26)/t20-/m0/s1/i7+1,8+1,9+1,10+1. The summed E-state index contributed by atoms with van der Waals surface area (Å²) in [5.41, 5.74) is 6.89. The van der Waals surface area contributed by atoms with Crippen molar-refractivity contribution in [2.75, 3.05) is 57.6 Å². The second-order valence-electron chi connectivity index (χ2n) is 7.81. The number of carbonyl (C=O) groups excluding carboxylic acids is 1. The lowest BCUT2D eigenvalue weighted by Gasteiger charge is -2.37. The van der Waals surface area contributed by atoms with Crippen LogP contribution in [-0.4, -0.2) is 73.9 Å². The number of hydrogen-bond acceptors (Lipinski definition) is 9. The number of benzene rings is 2. The maximum atomic E-state index is 13.0. The first-order valence-corrected chi connectivity index (χ1v) is 10.7. The molecule has 1 amide bonds. The molecule has 1 atom stereocenters. The second-order valence-corrected chi connectivity index (χ2v) is 7.81. The Morgan fingerprint density at radius 3 is 2.45 bits per heavy atom. The highest BCUT2D eigenvalue weighted by molar-refractivity contribution is 5.91. The average Bonchev–Trinajstić information content (AvgIpc) is 2.87. The first kappa shape index (κ1) is 20.9. The molecular weight excluding hydrogens is 430 g/mol. The fourth-order valence-corrected chi connectivity index (χ4v) is 4.08. The Balaban J connectivity index is 1.28. The van der Waals surface area contributed by atoms with Crippen LogP contribution in [0.2, 0.25) is 0 Å². The van der Waals surface area contributed by atoms with Crippen LogP contribution in [-0.2, 0) is 4.79 Å². The lowest BCUT2D eigenvalue weighted by atomic mass is 10.2. The van der Waals surface area contributed by atoms with Gasteiger partial charge in [-0.25, -0.2) is 4.98 Å². The van der Waals surface area contributed by atoms with Crippen LogP contribution < -0.4 is 29.6 Å². The summed E-state index contributed by atoms with van der Waals surface area (Å²) >= 11 is 0. The van der Waals surface area contributed by atoms with E-state index in [1.54, 1.807) is 37.3 Å². The van der Waals surface area contributed by atoms with Gasteiger partial charge in [-0.05, 0) is 18.2 Å². The Bertz CT molecular complexity index is 1200. The van der Waals surface area contributed by atoms with Crippen LogP contribution in [0.4, 0.5) is 11.8 Å². The summed E-state index contributed by atoms with van der Waals surface area (Å²) in [6.45, 7) is 2.40. The number of anilines is 2. The summed E-state index contributed by atoms with van der Waals surface area (Å²) < 4.78 is 22.3. The van der Waals surface area contributed by atoms with Crippen LogP contribution in [0.25, 0.3) is 10.9 Å². The molecule has 2 aromatic carbocycles. The van der Waals surface area contributed by atoms with Gasteiger partial charge in [0.05, 0.1) is 19.7 Å².